The van der Waals surface area contributed by atoms with Crippen molar-refractivity contribution in [2.45, 2.75) is 27.2 Å². The Morgan fingerprint density at radius 3 is 2.71 bits per heavy atom. The first-order chi connectivity index (χ1) is 10.1. The average Bonchev–Trinajstić information content (AvgIpc) is 3.07. The summed E-state index contributed by atoms with van der Waals surface area (Å²) < 4.78 is 1.89. The molecule has 2 N–H and O–H groups in total. The van der Waals surface area contributed by atoms with Crippen LogP contribution in [0.2, 0.25) is 0 Å². The summed E-state index contributed by atoms with van der Waals surface area (Å²) in [7, 11) is 0. The van der Waals surface area contributed by atoms with Crippen molar-refractivity contribution < 1.29 is 0 Å². The number of hydrogen-bond donors (Lipinski definition) is 1. The van der Waals surface area contributed by atoms with Crippen molar-refractivity contribution in [3.05, 3.63) is 52.5 Å². The molecule has 0 aliphatic rings. The maximum absolute atomic E-state index is 6.17. The van der Waals surface area contributed by atoms with E-state index in [9.17, 15) is 0 Å². The van der Waals surface area contributed by atoms with E-state index in [-0.39, 0.29) is 0 Å². The highest BCUT2D eigenvalue weighted by Crippen LogP contribution is 2.32. The number of hydrogen-bond acceptors (Lipinski definition) is 3. The summed E-state index contributed by atoms with van der Waals surface area (Å²) in [5.74, 6) is 0. The van der Waals surface area contributed by atoms with Gasteiger partial charge in [-0.15, -0.1) is 11.3 Å². The molecule has 21 heavy (non-hydrogen) atoms. The van der Waals surface area contributed by atoms with Crippen molar-refractivity contribution in [2.75, 3.05) is 5.73 Å². The zero-order chi connectivity index (χ0) is 15.0. The molecule has 0 saturated carbocycles. The van der Waals surface area contributed by atoms with E-state index in [4.69, 9.17) is 10.8 Å². The molecule has 1 aromatic carbocycles. The summed E-state index contributed by atoms with van der Waals surface area (Å²) in [4.78, 5) is 2.49. The van der Waals surface area contributed by atoms with Crippen molar-refractivity contribution >= 4 is 17.0 Å². The second-order valence-electron chi connectivity index (χ2n) is 5.29. The molecule has 0 saturated heterocycles. The van der Waals surface area contributed by atoms with Crippen LogP contribution in [0.1, 0.15) is 22.9 Å². The molecule has 0 aliphatic carbocycles. The second kappa shape index (κ2) is 5.37. The molecule has 3 rings (SSSR count). The summed E-state index contributed by atoms with van der Waals surface area (Å²) in [6.45, 7) is 6.34. The highest BCUT2D eigenvalue weighted by atomic mass is 32.1. The van der Waals surface area contributed by atoms with Crippen LogP contribution < -0.4 is 5.73 Å². The van der Waals surface area contributed by atoms with Gasteiger partial charge in [0.2, 0.25) is 0 Å². The molecule has 108 valence electrons. The van der Waals surface area contributed by atoms with Crippen molar-refractivity contribution in [3.8, 4) is 16.3 Å². The molecule has 3 nitrogen and oxygen atoms in total. The fourth-order valence-electron chi connectivity index (χ4n) is 2.36. The quantitative estimate of drug-likeness (QED) is 0.780. The third-order valence-electron chi connectivity index (χ3n) is 3.60. The Kier molecular flexibility index (Phi) is 3.55. The number of nitrogen functional groups attached to an aromatic ring is 1. The Hall–Kier alpha value is -2.07. The Morgan fingerprint density at radius 2 is 2.00 bits per heavy atom. The molecular formula is C17H19N3S. The normalized spacial score (nSPS) is 11.0. The lowest BCUT2D eigenvalue weighted by Crippen LogP contribution is -1.98. The first-order valence-corrected chi connectivity index (χ1v) is 7.92. The van der Waals surface area contributed by atoms with Gasteiger partial charge in [0.25, 0.3) is 0 Å². The van der Waals surface area contributed by atoms with E-state index in [1.54, 1.807) is 11.3 Å². The van der Waals surface area contributed by atoms with Gasteiger partial charge < -0.3 is 5.73 Å². The number of aryl methyl sites for hydroxylation is 3. The molecule has 0 spiro atoms. The topological polar surface area (TPSA) is 43.8 Å². The highest BCUT2D eigenvalue weighted by molar-refractivity contribution is 7.15. The number of rotatable bonds is 3. The lowest BCUT2D eigenvalue weighted by molar-refractivity contribution is 0.876. The van der Waals surface area contributed by atoms with E-state index in [2.05, 4.69) is 51.1 Å². The Labute approximate surface area is 129 Å². The standard InChI is InChI=1S/C17H19N3S/c1-4-13-7-8-16(21-13)17-14(18)10-20(19-17)15-9-11(2)5-6-12(15)3/h5-10H,4,18H2,1-3H3. The molecule has 2 heterocycles. The van der Waals surface area contributed by atoms with Crippen molar-refractivity contribution in [3.63, 3.8) is 0 Å². The van der Waals surface area contributed by atoms with E-state index in [1.165, 1.54) is 16.0 Å². The Morgan fingerprint density at radius 1 is 1.19 bits per heavy atom. The van der Waals surface area contributed by atoms with Crippen molar-refractivity contribution in [1.29, 1.82) is 0 Å². The Bertz CT molecular complexity index is 783. The van der Waals surface area contributed by atoms with Crippen LogP contribution in [0.15, 0.2) is 36.5 Å². The zero-order valence-electron chi connectivity index (χ0n) is 12.6. The minimum absolute atomic E-state index is 0.723. The van der Waals surface area contributed by atoms with Crippen LogP contribution in [0.5, 0.6) is 0 Å². The van der Waals surface area contributed by atoms with Gasteiger partial charge in [0.15, 0.2) is 0 Å². The number of aromatic nitrogens is 2. The van der Waals surface area contributed by atoms with Gasteiger partial charge >= 0.3 is 0 Å². The monoisotopic (exact) mass is 297 g/mol. The predicted molar refractivity (Wildman–Crippen MR) is 90.1 cm³/mol. The Balaban J connectivity index is 2.07. The first-order valence-electron chi connectivity index (χ1n) is 7.10. The van der Waals surface area contributed by atoms with Crippen LogP contribution >= 0.6 is 11.3 Å². The molecule has 0 radical (unpaired) electrons. The van der Waals surface area contributed by atoms with Crippen LogP contribution in [0, 0.1) is 13.8 Å². The van der Waals surface area contributed by atoms with Crippen molar-refractivity contribution in [2.24, 2.45) is 0 Å². The molecule has 0 bridgehead atoms. The van der Waals surface area contributed by atoms with Gasteiger partial charge in [-0.2, -0.15) is 5.10 Å². The van der Waals surface area contributed by atoms with Crippen LogP contribution in [-0.2, 0) is 6.42 Å². The van der Waals surface area contributed by atoms with E-state index in [0.717, 1.165) is 28.4 Å². The number of benzene rings is 1. The fraction of sp³-hybridized carbons (Fsp3) is 0.235. The molecule has 4 heteroatoms. The van der Waals surface area contributed by atoms with Crippen LogP contribution in [0.25, 0.3) is 16.3 Å². The lowest BCUT2D eigenvalue weighted by Gasteiger charge is -2.06. The number of nitrogens with zero attached hydrogens (tertiary/aromatic N) is 2. The minimum Gasteiger partial charge on any atom is -0.396 e. The van der Waals surface area contributed by atoms with Crippen molar-refractivity contribution in [1.82, 2.24) is 9.78 Å². The summed E-state index contributed by atoms with van der Waals surface area (Å²) in [5, 5.41) is 4.70. The van der Waals surface area contributed by atoms with Gasteiger partial charge in [-0.05, 0) is 49.6 Å². The summed E-state index contributed by atoms with van der Waals surface area (Å²) in [6.07, 6.45) is 2.95. The van der Waals surface area contributed by atoms with Gasteiger partial charge in [-0.25, -0.2) is 4.68 Å². The molecule has 0 amide bonds. The molecule has 0 aliphatic heterocycles. The first kappa shape index (κ1) is 13.9. The predicted octanol–water partition coefficient (Wildman–Crippen LogP) is 4.36. The third kappa shape index (κ3) is 2.59. The smallest absolute Gasteiger partial charge is 0.126 e. The largest absolute Gasteiger partial charge is 0.396 e. The van der Waals surface area contributed by atoms with E-state index in [1.807, 2.05) is 10.9 Å². The van der Waals surface area contributed by atoms with Gasteiger partial charge in [-0.1, -0.05) is 19.1 Å². The molecule has 3 aromatic rings. The summed E-state index contributed by atoms with van der Waals surface area (Å²) in [6, 6.07) is 10.6. The van der Waals surface area contributed by atoms with Crippen LogP contribution in [-0.4, -0.2) is 9.78 Å². The van der Waals surface area contributed by atoms with Crippen LogP contribution in [0.4, 0.5) is 5.69 Å². The van der Waals surface area contributed by atoms with E-state index in [0.29, 0.717) is 0 Å². The fourth-order valence-corrected chi connectivity index (χ4v) is 3.32. The van der Waals surface area contributed by atoms with E-state index < -0.39 is 0 Å². The summed E-state index contributed by atoms with van der Waals surface area (Å²) in [5.41, 5.74) is 11.3. The van der Waals surface area contributed by atoms with E-state index >= 15 is 0 Å². The molecule has 0 fully saturated rings. The number of thiophene rings is 1. The number of anilines is 1. The zero-order valence-corrected chi connectivity index (χ0v) is 13.4. The van der Waals surface area contributed by atoms with Gasteiger partial charge in [0.05, 0.1) is 22.4 Å². The maximum atomic E-state index is 6.17. The second-order valence-corrected chi connectivity index (χ2v) is 6.46. The SMILES string of the molecule is CCc1ccc(-c2nn(-c3cc(C)ccc3C)cc2N)s1. The summed E-state index contributed by atoms with van der Waals surface area (Å²) >= 11 is 1.76. The molecule has 0 atom stereocenters. The molecule has 2 aromatic heterocycles. The average molecular weight is 297 g/mol. The molecular weight excluding hydrogens is 278 g/mol. The third-order valence-corrected chi connectivity index (χ3v) is 4.83. The van der Waals surface area contributed by atoms with Gasteiger partial charge in [0, 0.05) is 4.88 Å². The van der Waals surface area contributed by atoms with Gasteiger partial charge in [-0.3, -0.25) is 0 Å². The minimum atomic E-state index is 0.723. The van der Waals surface area contributed by atoms with Crippen LogP contribution in [0.3, 0.4) is 0 Å². The highest BCUT2D eigenvalue weighted by Gasteiger charge is 2.13. The maximum Gasteiger partial charge on any atom is 0.126 e. The lowest BCUT2D eigenvalue weighted by atomic mass is 10.1. The van der Waals surface area contributed by atoms with Gasteiger partial charge in [0.1, 0.15) is 5.69 Å². The number of nitrogens with two attached hydrogens (primary N) is 1. The molecule has 0 unspecified atom stereocenters.